The van der Waals surface area contributed by atoms with E-state index in [2.05, 4.69) is 10.3 Å². The highest BCUT2D eigenvalue weighted by Gasteiger charge is 2.37. The van der Waals surface area contributed by atoms with E-state index in [4.69, 9.17) is 11.0 Å². The molecule has 6 heteroatoms. The highest BCUT2D eigenvalue weighted by Crippen LogP contribution is 2.29. The molecule has 0 bridgehead atoms. The number of hydrogen-bond acceptors (Lipinski definition) is 4. The fraction of sp³-hybridized carbons (Fsp3) is 0.400. The largest absolute Gasteiger partial charge is 0.364 e. The van der Waals surface area contributed by atoms with Gasteiger partial charge in [-0.15, -0.1) is 0 Å². The first-order valence-electron chi connectivity index (χ1n) is 4.70. The van der Waals surface area contributed by atoms with E-state index < -0.39 is 11.3 Å². The number of hydrogen-bond donors (Lipinski definition) is 2. The number of rotatable bonds is 3. The Morgan fingerprint density at radius 1 is 1.75 bits per heavy atom. The first-order valence-corrected chi connectivity index (χ1v) is 4.70. The Hall–Kier alpha value is -2.16. The molecule has 0 aromatic carbocycles. The molecule has 0 aromatic heterocycles. The van der Waals surface area contributed by atoms with Gasteiger partial charge in [0.15, 0.2) is 0 Å². The van der Waals surface area contributed by atoms with Crippen molar-refractivity contribution in [1.29, 1.82) is 5.26 Å². The quantitative estimate of drug-likeness (QED) is 0.667. The SMILES string of the molecule is CNC(=O)C1(CC#N)C=NC(C(N)=O)=CC1. The van der Waals surface area contributed by atoms with Gasteiger partial charge in [0.2, 0.25) is 5.91 Å². The van der Waals surface area contributed by atoms with Crippen molar-refractivity contribution in [3.05, 3.63) is 11.8 Å². The van der Waals surface area contributed by atoms with Gasteiger partial charge >= 0.3 is 0 Å². The molecule has 0 saturated heterocycles. The second-order valence-electron chi connectivity index (χ2n) is 3.49. The molecule has 0 saturated carbocycles. The van der Waals surface area contributed by atoms with Crippen LogP contribution in [-0.4, -0.2) is 25.1 Å². The molecule has 1 unspecified atom stereocenters. The van der Waals surface area contributed by atoms with Gasteiger partial charge in [-0.2, -0.15) is 5.26 Å². The first-order chi connectivity index (χ1) is 7.55. The summed E-state index contributed by atoms with van der Waals surface area (Å²) in [5, 5.41) is 11.2. The first kappa shape index (κ1) is 11.9. The van der Waals surface area contributed by atoms with Gasteiger partial charge < -0.3 is 11.1 Å². The summed E-state index contributed by atoms with van der Waals surface area (Å²) in [6.45, 7) is 0. The third-order valence-corrected chi connectivity index (χ3v) is 2.44. The number of nitrogens with one attached hydrogen (secondary N) is 1. The maximum atomic E-state index is 11.7. The van der Waals surface area contributed by atoms with Crippen LogP contribution >= 0.6 is 0 Å². The van der Waals surface area contributed by atoms with E-state index in [1.807, 2.05) is 6.07 Å². The minimum absolute atomic E-state index is 0.0126. The zero-order valence-electron chi connectivity index (χ0n) is 8.86. The normalized spacial score (nSPS) is 23.1. The van der Waals surface area contributed by atoms with Crippen molar-refractivity contribution in [2.75, 3.05) is 7.05 Å². The zero-order valence-corrected chi connectivity index (χ0v) is 8.86. The van der Waals surface area contributed by atoms with Crippen molar-refractivity contribution >= 4 is 18.0 Å². The fourth-order valence-electron chi connectivity index (χ4n) is 1.48. The van der Waals surface area contributed by atoms with E-state index in [9.17, 15) is 9.59 Å². The molecule has 0 spiro atoms. The average molecular weight is 220 g/mol. The summed E-state index contributed by atoms with van der Waals surface area (Å²) in [6.07, 6.45) is 3.07. The molecule has 1 aliphatic heterocycles. The molecular weight excluding hydrogens is 208 g/mol. The highest BCUT2D eigenvalue weighted by molar-refractivity contribution is 6.02. The van der Waals surface area contributed by atoms with Crippen LogP contribution in [0.5, 0.6) is 0 Å². The molecule has 0 aliphatic carbocycles. The minimum atomic E-state index is -0.984. The number of nitriles is 1. The number of aliphatic imine (C=N–C) groups is 1. The van der Waals surface area contributed by atoms with Gasteiger partial charge in [0.1, 0.15) is 11.1 Å². The van der Waals surface area contributed by atoms with Gasteiger partial charge in [0.25, 0.3) is 5.91 Å². The van der Waals surface area contributed by atoms with E-state index in [1.54, 1.807) is 0 Å². The number of carbonyl (C=O) groups excluding carboxylic acids is 2. The molecule has 3 N–H and O–H groups in total. The molecule has 1 atom stereocenters. The molecule has 0 aromatic rings. The predicted molar refractivity (Wildman–Crippen MR) is 57.1 cm³/mol. The summed E-state index contributed by atoms with van der Waals surface area (Å²) in [5.74, 6) is -0.934. The molecule has 6 nitrogen and oxygen atoms in total. The number of allylic oxidation sites excluding steroid dienone is 1. The maximum Gasteiger partial charge on any atom is 0.266 e. The molecule has 16 heavy (non-hydrogen) atoms. The number of amides is 2. The van der Waals surface area contributed by atoms with Gasteiger partial charge in [0, 0.05) is 13.3 Å². The maximum absolute atomic E-state index is 11.7. The summed E-state index contributed by atoms with van der Waals surface area (Å²) in [4.78, 5) is 26.3. The smallest absolute Gasteiger partial charge is 0.266 e. The van der Waals surface area contributed by atoms with Crippen LogP contribution in [0, 0.1) is 16.7 Å². The van der Waals surface area contributed by atoms with Crippen LogP contribution in [0.3, 0.4) is 0 Å². The van der Waals surface area contributed by atoms with E-state index >= 15 is 0 Å². The second-order valence-corrected chi connectivity index (χ2v) is 3.49. The summed E-state index contributed by atoms with van der Waals surface area (Å²) in [5.41, 5.74) is 4.19. The van der Waals surface area contributed by atoms with E-state index in [1.165, 1.54) is 19.3 Å². The average Bonchev–Trinajstić information content (AvgIpc) is 2.29. The molecule has 0 fully saturated rings. The molecule has 1 heterocycles. The van der Waals surface area contributed by atoms with Crippen molar-refractivity contribution in [2.24, 2.45) is 16.1 Å². The third-order valence-electron chi connectivity index (χ3n) is 2.44. The lowest BCUT2D eigenvalue weighted by Gasteiger charge is -2.26. The molecule has 1 rings (SSSR count). The van der Waals surface area contributed by atoms with Crippen molar-refractivity contribution in [2.45, 2.75) is 12.8 Å². The molecular formula is C10H12N4O2. The Bertz CT molecular complexity index is 419. The zero-order chi connectivity index (χ0) is 12.2. The van der Waals surface area contributed by atoms with Crippen LogP contribution in [0.15, 0.2) is 16.8 Å². The van der Waals surface area contributed by atoms with E-state index in [0.29, 0.717) is 0 Å². The van der Waals surface area contributed by atoms with E-state index in [-0.39, 0.29) is 24.4 Å². The summed E-state index contributed by atoms with van der Waals surface area (Å²) >= 11 is 0. The standard InChI is InChI=1S/C10H12N4O2/c1-13-9(16)10(4-5-11)3-2-7(8(12)15)14-6-10/h2,6H,3-4H2,1H3,(H2,12,15)(H,13,16). The molecule has 2 amide bonds. The van der Waals surface area contributed by atoms with Crippen LogP contribution in [0.25, 0.3) is 0 Å². The van der Waals surface area contributed by atoms with Crippen LogP contribution in [0.4, 0.5) is 0 Å². The van der Waals surface area contributed by atoms with Gasteiger partial charge in [-0.3, -0.25) is 14.6 Å². The number of carbonyl (C=O) groups is 2. The summed E-state index contributed by atoms with van der Waals surface area (Å²) < 4.78 is 0. The topological polar surface area (TPSA) is 108 Å². The lowest BCUT2D eigenvalue weighted by Crippen LogP contribution is -2.41. The third kappa shape index (κ3) is 2.08. The van der Waals surface area contributed by atoms with Crippen LogP contribution in [-0.2, 0) is 9.59 Å². The van der Waals surface area contributed by atoms with Gasteiger partial charge in [-0.05, 0) is 6.42 Å². The van der Waals surface area contributed by atoms with Gasteiger partial charge in [0.05, 0.1) is 12.5 Å². The number of nitrogens with zero attached hydrogens (tertiary/aromatic N) is 2. The van der Waals surface area contributed by atoms with Crippen molar-refractivity contribution in [3.63, 3.8) is 0 Å². The van der Waals surface area contributed by atoms with Crippen LogP contribution in [0.2, 0.25) is 0 Å². The van der Waals surface area contributed by atoms with Crippen molar-refractivity contribution in [1.82, 2.24) is 5.32 Å². The van der Waals surface area contributed by atoms with Gasteiger partial charge in [-0.1, -0.05) is 6.08 Å². The van der Waals surface area contributed by atoms with Gasteiger partial charge in [-0.25, -0.2) is 0 Å². The van der Waals surface area contributed by atoms with Crippen LogP contribution in [0.1, 0.15) is 12.8 Å². The predicted octanol–water partition coefficient (Wildman–Crippen LogP) is -0.524. The molecule has 84 valence electrons. The Balaban J connectivity index is 2.96. The van der Waals surface area contributed by atoms with Crippen molar-refractivity contribution in [3.8, 4) is 6.07 Å². The fourth-order valence-corrected chi connectivity index (χ4v) is 1.48. The van der Waals surface area contributed by atoms with E-state index in [0.717, 1.165) is 0 Å². The summed E-state index contributed by atoms with van der Waals surface area (Å²) in [6, 6.07) is 1.94. The number of primary amides is 1. The Morgan fingerprint density at radius 2 is 2.44 bits per heavy atom. The molecule has 0 radical (unpaired) electrons. The van der Waals surface area contributed by atoms with Crippen molar-refractivity contribution < 1.29 is 9.59 Å². The Labute approximate surface area is 92.8 Å². The second kappa shape index (κ2) is 4.57. The summed E-state index contributed by atoms with van der Waals surface area (Å²) in [7, 11) is 1.49. The monoisotopic (exact) mass is 220 g/mol. The lowest BCUT2D eigenvalue weighted by atomic mass is 9.80. The van der Waals surface area contributed by atoms with Crippen LogP contribution < -0.4 is 11.1 Å². The minimum Gasteiger partial charge on any atom is -0.364 e. The Kier molecular flexibility index (Phi) is 3.40. The highest BCUT2D eigenvalue weighted by atomic mass is 16.2. The number of nitrogens with two attached hydrogens (primary N) is 1. The Morgan fingerprint density at radius 3 is 2.81 bits per heavy atom. The lowest BCUT2D eigenvalue weighted by molar-refractivity contribution is -0.126. The molecule has 1 aliphatic rings.